The smallest absolute Gasteiger partial charge is 0.270 e. The number of aliphatic hydroxyl groups is 1. The average molecular weight is 264 g/mol. The van der Waals surface area contributed by atoms with Crippen molar-refractivity contribution in [3.8, 4) is 0 Å². The van der Waals surface area contributed by atoms with Gasteiger partial charge in [0.2, 0.25) is 0 Å². The van der Waals surface area contributed by atoms with Gasteiger partial charge in [0.15, 0.2) is 5.78 Å². The van der Waals surface area contributed by atoms with Crippen molar-refractivity contribution in [2.75, 3.05) is 13.6 Å². The molecule has 1 aliphatic rings. The monoisotopic (exact) mass is 264 g/mol. The third kappa shape index (κ3) is 3.04. The average Bonchev–Trinajstić information content (AvgIpc) is 2.97. The van der Waals surface area contributed by atoms with Crippen molar-refractivity contribution in [2.24, 2.45) is 0 Å². The molecule has 1 aliphatic carbocycles. The molecule has 2 N–H and O–H groups in total. The van der Waals surface area contributed by atoms with Crippen LogP contribution in [0.1, 0.15) is 53.5 Å². The molecule has 1 aromatic rings. The molecule has 2 rings (SSSR count). The molecule has 0 atom stereocenters. The summed E-state index contributed by atoms with van der Waals surface area (Å²) in [5.41, 5.74) is 0.131. The van der Waals surface area contributed by atoms with Crippen molar-refractivity contribution in [1.29, 1.82) is 0 Å². The van der Waals surface area contributed by atoms with Gasteiger partial charge in [-0.05, 0) is 25.8 Å². The van der Waals surface area contributed by atoms with Crippen LogP contribution in [0.4, 0.5) is 0 Å². The number of carbonyl (C=O) groups excluding carboxylic acids is 2. The van der Waals surface area contributed by atoms with Crippen LogP contribution in [0, 0.1) is 0 Å². The molecule has 0 aromatic carbocycles. The molecule has 0 spiro atoms. The van der Waals surface area contributed by atoms with Gasteiger partial charge < -0.3 is 15.0 Å². The minimum Gasteiger partial charge on any atom is -0.388 e. The van der Waals surface area contributed by atoms with Crippen molar-refractivity contribution in [3.63, 3.8) is 0 Å². The molecule has 0 unspecified atom stereocenters. The number of aromatic amines is 1. The summed E-state index contributed by atoms with van der Waals surface area (Å²) in [5, 5.41) is 10.3. The minimum absolute atomic E-state index is 0.0765. The number of rotatable bonds is 4. The van der Waals surface area contributed by atoms with E-state index < -0.39 is 5.60 Å². The lowest BCUT2D eigenvalue weighted by molar-refractivity contribution is 0.0155. The van der Waals surface area contributed by atoms with Crippen LogP contribution in [0.3, 0.4) is 0 Å². The Morgan fingerprint density at radius 3 is 2.58 bits per heavy atom. The van der Waals surface area contributed by atoms with Gasteiger partial charge in [0.05, 0.1) is 5.60 Å². The van der Waals surface area contributed by atoms with Crippen molar-refractivity contribution >= 4 is 11.7 Å². The van der Waals surface area contributed by atoms with E-state index in [-0.39, 0.29) is 11.7 Å². The Morgan fingerprint density at radius 1 is 1.42 bits per heavy atom. The lowest BCUT2D eigenvalue weighted by atomic mass is 10.0. The molecule has 1 aromatic heterocycles. The van der Waals surface area contributed by atoms with Gasteiger partial charge in [-0.1, -0.05) is 12.8 Å². The zero-order valence-corrected chi connectivity index (χ0v) is 11.4. The SMILES string of the molecule is CC(=O)c1c[nH]c(C(=O)N(C)CC2(O)CCCC2)c1. The van der Waals surface area contributed by atoms with Crippen molar-refractivity contribution in [3.05, 3.63) is 23.5 Å². The highest BCUT2D eigenvalue weighted by molar-refractivity contribution is 5.99. The third-order valence-corrected chi connectivity index (χ3v) is 3.73. The number of hydrogen-bond donors (Lipinski definition) is 2. The zero-order valence-electron chi connectivity index (χ0n) is 11.4. The van der Waals surface area contributed by atoms with E-state index >= 15 is 0 Å². The van der Waals surface area contributed by atoms with E-state index in [1.807, 2.05) is 0 Å². The molecular formula is C14H20N2O3. The first-order valence-corrected chi connectivity index (χ1v) is 6.58. The molecule has 5 nitrogen and oxygen atoms in total. The number of nitrogens with one attached hydrogen (secondary N) is 1. The predicted octanol–water partition coefficient (Wildman–Crippen LogP) is 1.59. The van der Waals surface area contributed by atoms with Gasteiger partial charge >= 0.3 is 0 Å². The van der Waals surface area contributed by atoms with Crippen molar-refractivity contribution < 1.29 is 14.7 Å². The highest BCUT2D eigenvalue weighted by Crippen LogP contribution is 2.30. The summed E-state index contributed by atoms with van der Waals surface area (Å²) in [4.78, 5) is 27.7. The molecule has 0 aliphatic heterocycles. The van der Waals surface area contributed by atoms with Crippen LogP contribution in [0.2, 0.25) is 0 Å². The van der Waals surface area contributed by atoms with Gasteiger partial charge in [-0.15, -0.1) is 0 Å². The minimum atomic E-state index is -0.750. The first-order chi connectivity index (χ1) is 8.91. The third-order valence-electron chi connectivity index (χ3n) is 3.73. The summed E-state index contributed by atoms with van der Waals surface area (Å²) >= 11 is 0. The van der Waals surface area contributed by atoms with E-state index in [1.54, 1.807) is 13.1 Å². The summed E-state index contributed by atoms with van der Waals surface area (Å²) in [5.74, 6) is -0.278. The van der Waals surface area contributed by atoms with Gasteiger partial charge in [-0.2, -0.15) is 0 Å². The maximum absolute atomic E-state index is 12.2. The highest BCUT2D eigenvalue weighted by Gasteiger charge is 2.33. The molecule has 1 amide bonds. The molecule has 0 bridgehead atoms. The number of H-pyrrole nitrogens is 1. The number of nitrogens with zero attached hydrogens (tertiary/aromatic N) is 1. The Bertz CT molecular complexity index is 487. The van der Waals surface area contributed by atoms with Crippen molar-refractivity contribution in [2.45, 2.75) is 38.2 Å². The zero-order chi connectivity index (χ0) is 14.0. The number of hydrogen-bond acceptors (Lipinski definition) is 3. The number of Topliss-reactive ketones (excluding diaryl/α,β-unsaturated/α-hetero) is 1. The standard InChI is InChI=1S/C14H20N2O3/c1-10(17)11-7-12(15-8-11)13(18)16(2)9-14(19)5-3-4-6-14/h7-8,15,19H,3-6,9H2,1-2H3. The Morgan fingerprint density at radius 2 is 2.05 bits per heavy atom. The van der Waals surface area contributed by atoms with Gasteiger partial charge in [0, 0.05) is 25.4 Å². The van der Waals surface area contributed by atoms with Gasteiger partial charge in [-0.25, -0.2) is 0 Å². The van der Waals surface area contributed by atoms with Crippen molar-refractivity contribution in [1.82, 2.24) is 9.88 Å². The van der Waals surface area contributed by atoms with Crippen LogP contribution in [-0.4, -0.2) is 45.9 Å². The fourth-order valence-corrected chi connectivity index (χ4v) is 2.63. The van der Waals surface area contributed by atoms with Gasteiger partial charge in [0.25, 0.3) is 5.91 Å². The second kappa shape index (κ2) is 5.17. The second-order valence-electron chi connectivity index (χ2n) is 5.45. The maximum atomic E-state index is 12.2. The lowest BCUT2D eigenvalue weighted by Crippen LogP contribution is -2.42. The Labute approximate surface area is 112 Å². The molecule has 1 saturated carbocycles. The molecule has 1 heterocycles. The topological polar surface area (TPSA) is 73.4 Å². The Hall–Kier alpha value is -1.62. The largest absolute Gasteiger partial charge is 0.388 e. The van der Waals surface area contributed by atoms with Crippen LogP contribution in [0.25, 0.3) is 0 Å². The summed E-state index contributed by atoms with van der Waals surface area (Å²) in [6.45, 7) is 1.79. The van der Waals surface area contributed by atoms with Crippen LogP contribution in [-0.2, 0) is 0 Å². The highest BCUT2D eigenvalue weighted by atomic mass is 16.3. The van der Waals surface area contributed by atoms with E-state index in [0.717, 1.165) is 25.7 Å². The summed E-state index contributed by atoms with van der Waals surface area (Å²) < 4.78 is 0. The summed E-state index contributed by atoms with van der Waals surface area (Å²) in [6.07, 6.45) is 5.04. The van der Waals surface area contributed by atoms with Crippen LogP contribution >= 0.6 is 0 Å². The van der Waals surface area contributed by atoms with E-state index in [9.17, 15) is 14.7 Å². The first-order valence-electron chi connectivity index (χ1n) is 6.58. The van der Waals surface area contributed by atoms with E-state index in [2.05, 4.69) is 4.98 Å². The number of ketones is 1. The normalized spacial score (nSPS) is 17.4. The van der Waals surface area contributed by atoms with Gasteiger partial charge in [-0.3, -0.25) is 9.59 Å². The second-order valence-corrected chi connectivity index (χ2v) is 5.45. The quantitative estimate of drug-likeness (QED) is 0.811. The van der Waals surface area contributed by atoms with E-state index in [4.69, 9.17) is 0 Å². The van der Waals surface area contributed by atoms with Gasteiger partial charge in [0.1, 0.15) is 5.69 Å². The fraction of sp³-hybridized carbons (Fsp3) is 0.571. The van der Waals surface area contributed by atoms with E-state index in [1.165, 1.54) is 18.0 Å². The predicted molar refractivity (Wildman–Crippen MR) is 71.2 cm³/mol. The Kier molecular flexibility index (Phi) is 3.75. The molecule has 0 radical (unpaired) electrons. The fourth-order valence-electron chi connectivity index (χ4n) is 2.63. The number of likely N-dealkylation sites (N-methyl/N-ethyl adjacent to an activating group) is 1. The Balaban J connectivity index is 2.03. The molecular weight excluding hydrogens is 244 g/mol. The molecule has 104 valence electrons. The maximum Gasteiger partial charge on any atom is 0.270 e. The summed E-state index contributed by atoms with van der Waals surface area (Å²) in [6, 6.07) is 1.56. The molecule has 19 heavy (non-hydrogen) atoms. The molecule has 1 fully saturated rings. The number of amides is 1. The first kappa shape index (κ1) is 13.8. The lowest BCUT2D eigenvalue weighted by Gasteiger charge is -2.28. The summed E-state index contributed by atoms with van der Waals surface area (Å²) in [7, 11) is 1.67. The van der Waals surface area contributed by atoms with Crippen LogP contribution in [0.5, 0.6) is 0 Å². The van der Waals surface area contributed by atoms with Crippen LogP contribution < -0.4 is 0 Å². The molecule has 5 heteroatoms. The molecule has 0 saturated heterocycles. The van der Waals surface area contributed by atoms with E-state index in [0.29, 0.717) is 17.8 Å². The number of aromatic nitrogens is 1. The van der Waals surface area contributed by atoms with Crippen LogP contribution in [0.15, 0.2) is 12.3 Å². The number of carbonyl (C=O) groups is 2.